The van der Waals surface area contributed by atoms with Crippen LogP contribution in [-0.4, -0.2) is 22.3 Å². The van der Waals surface area contributed by atoms with Gasteiger partial charge in [-0.3, -0.25) is 14.9 Å². The summed E-state index contributed by atoms with van der Waals surface area (Å²) in [7, 11) is 0. The van der Waals surface area contributed by atoms with Crippen molar-refractivity contribution in [3.8, 4) is 0 Å². The fourth-order valence-corrected chi connectivity index (χ4v) is 2.58. The molecule has 118 valence electrons. The third kappa shape index (κ3) is 5.23. The van der Waals surface area contributed by atoms with Crippen LogP contribution in [0, 0.1) is 10.1 Å². The summed E-state index contributed by atoms with van der Waals surface area (Å²) in [5.74, 6) is -0.211. The van der Waals surface area contributed by atoms with Gasteiger partial charge in [0.25, 0.3) is 11.6 Å². The van der Waals surface area contributed by atoms with Crippen molar-refractivity contribution in [1.82, 2.24) is 5.43 Å². The Morgan fingerprint density at radius 1 is 1.22 bits per heavy atom. The van der Waals surface area contributed by atoms with E-state index in [-0.39, 0.29) is 16.8 Å². The maximum absolute atomic E-state index is 11.9. The molecule has 1 atom stereocenters. The van der Waals surface area contributed by atoms with E-state index in [4.69, 9.17) is 0 Å². The van der Waals surface area contributed by atoms with Crippen LogP contribution in [0.3, 0.4) is 0 Å². The van der Waals surface area contributed by atoms with Crippen molar-refractivity contribution in [3.63, 3.8) is 0 Å². The zero-order chi connectivity index (χ0) is 16.7. The lowest BCUT2D eigenvalue weighted by Gasteiger charge is -2.08. The Labute approximate surface area is 137 Å². The number of nitrogens with zero attached hydrogens (tertiary/aromatic N) is 2. The van der Waals surface area contributed by atoms with E-state index in [0.29, 0.717) is 5.56 Å². The molecule has 0 radical (unpaired) electrons. The molecule has 0 aliphatic heterocycles. The predicted molar refractivity (Wildman–Crippen MR) is 90.6 cm³/mol. The van der Waals surface area contributed by atoms with E-state index in [0.717, 1.165) is 4.90 Å². The molecule has 2 aromatic carbocycles. The quantitative estimate of drug-likeness (QED) is 0.382. The molecule has 2 aromatic rings. The molecule has 0 aliphatic rings. The molecular formula is C16H15N3O3S. The zero-order valence-corrected chi connectivity index (χ0v) is 13.2. The first kappa shape index (κ1) is 16.7. The first-order valence-corrected chi connectivity index (χ1v) is 7.73. The molecule has 1 amide bonds. The lowest BCUT2D eigenvalue weighted by molar-refractivity contribution is -0.384. The second-order valence-electron chi connectivity index (χ2n) is 4.66. The summed E-state index contributed by atoms with van der Waals surface area (Å²) < 4.78 is 0. The van der Waals surface area contributed by atoms with E-state index >= 15 is 0 Å². The minimum absolute atomic E-state index is 0.0130. The molecule has 0 fully saturated rings. The molecule has 23 heavy (non-hydrogen) atoms. The Kier molecular flexibility index (Phi) is 5.87. The van der Waals surface area contributed by atoms with Gasteiger partial charge in [-0.1, -0.05) is 18.2 Å². The van der Waals surface area contributed by atoms with Crippen molar-refractivity contribution in [2.24, 2.45) is 5.10 Å². The van der Waals surface area contributed by atoms with Gasteiger partial charge in [0, 0.05) is 17.0 Å². The molecule has 0 spiro atoms. The van der Waals surface area contributed by atoms with Crippen LogP contribution in [0.2, 0.25) is 0 Å². The van der Waals surface area contributed by atoms with Crippen LogP contribution >= 0.6 is 11.8 Å². The number of hydrogen-bond acceptors (Lipinski definition) is 5. The van der Waals surface area contributed by atoms with Crippen molar-refractivity contribution < 1.29 is 9.72 Å². The van der Waals surface area contributed by atoms with Crippen LogP contribution in [0.4, 0.5) is 5.69 Å². The van der Waals surface area contributed by atoms with E-state index in [1.807, 2.05) is 30.3 Å². The number of carbonyl (C=O) groups excluding carboxylic acids is 1. The molecule has 1 N–H and O–H groups in total. The average Bonchev–Trinajstić information content (AvgIpc) is 2.56. The van der Waals surface area contributed by atoms with Gasteiger partial charge < -0.3 is 0 Å². The number of thioether (sulfide) groups is 1. The van der Waals surface area contributed by atoms with E-state index in [9.17, 15) is 14.9 Å². The maximum atomic E-state index is 11.9. The van der Waals surface area contributed by atoms with Crippen LogP contribution in [-0.2, 0) is 4.79 Å². The molecule has 7 heteroatoms. The Balaban J connectivity index is 1.86. The number of benzene rings is 2. The summed E-state index contributed by atoms with van der Waals surface area (Å²) >= 11 is 1.44. The number of non-ortho nitro benzene ring substituents is 1. The van der Waals surface area contributed by atoms with Gasteiger partial charge in [0.05, 0.1) is 16.4 Å². The van der Waals surface area contributed by atoms with Gasteiger partial charge in [-0.05, 0) is 36.8 Å². The zero-order valence-electron chi connectivity index (χ0n) is 12.4. The molecule has 0 aliphatic carbocycles. The number of nitro groups is 1. The van der Waals surface area contributed by atoms with E-state index in [2.05, 4.69) is 10.5 Å². The molecule has 0 saturated heterocycles. The molecule has 6 nitrogen and oxygen atoms in total. The third-order valence-electron chi connectivity index (χ3n) is 2.92. The van der Waals surface area contributed by atoms with Crippen molar-refractivity contribution in [1.29, 1.82) is 0 Å². The summed E-state index contributed by atoms with van der Waals surface area (Å²) in [5.41, 5.74) is 3.14. The van der Waals surface area contributed by atoms with Gasteiger partial charge in [0.1, 0.15) is 0 Å². The molecule has 0 bridgehead atoms. The second-order valence-corrected chi connectivity index (χ2v) is 6.07. The minimum atomic E-state index is -0.467. The molecule has 0 unspecified atom stereocenters. The fourth-order valence-electron chi connectivity index (χ4n) is 1.70. The van der Waals surface area contributed by atoms with Gasteiger partial charge in [-0.15, -0.1) is 11.8 Å². The Bertz CT molecular complexity index is 702. The SMILES string of the molecule is C[C@@H](Sc1ccccc1)C(=O)N/N=C\c1ccc([N+](=O)[O-])cc1. The van der Waals surface area contributed by atoms with Crippen molar-refractivity contribution >= 4 is 29.6 Å². The van der Waals surface area contributed by atoms with E-state index in [1.165, 1.54) is 30.1 Å². The van der Waals surface area contributed by atoms with Gasteiger partial charge in [-0.2, -0.15) is 5.10 Å². The third-order valence-corrected chi connectivity index (χ3v) is 4.03. The topological polar surface area (TPSA) is 84.6 Å². The molecule has 0 heterocycles. The highest BCUT2D eigenvalue weighted by Crippen LogP contribution is 2.22. The molecule has 0 aromatic heterocycles. The number of rotatable bonds is 6. The van der Waals surface area contributed by atoms with Crippen LogP contribution in [0.1, 0.15) is 12.5 Å². The van der Waals surface area contributed by atoms with Crippen LogP contribution < -0.4 is 5.43 Å². The summed E-state index contributed by atoms with van der Waals surface area (Å²) in [6, 6.07) is 15.5. The smallest absolute Gasteiger partial charge is 0.269 e. The van der Waals surface area contributed by atoms with Crippen LogP contribution in [0.25, 0.3) is 0 Å². The number of nitro benzene ring substituents is 1. The molecule has 2 rings (SSSR count). The highest BCUT2D eigenvalue weighted by Gasteiger charge is 2.13. The number of nitrogens with one attached hydrogen (secondary N) is 1. The fraction of sp³-hybridized carbons (Fsp3) is 0.125. The molecular weight excluding hydrogens is 314 g/mol. The normalized spacial score (nSPS) is 12.0. The largest absolute Gasteiger partial charge is 0.272 e. The average molecular weight is 329 g/mol. The first-order chi connectivity index (χ1) is 11.1. The van der Waals surface area contributed by atoms with Gasteiger partial charge in [0.15, 0.2) is 0 Å². The number of amides is 1. The summed E-state index contributed by atoms with van der Waals surface area (Å²) in [6.07, 6.45) is 1.45. The lowest BCUT2D eigenvalue weighted by Crippen LogP contribution is -2.26. The van der Waals surface area contributed by atoms with Gasteiger partial charge >= 0.3 is 0 Å². The van der Waals surface area contributed by atoms with Gasteiger partial charge in [-0.25, -0.2) is 5.43 Å². The standard InChI is InChI=1S/C16H15N3O3S/c1-12(23-15-5-3-2-4-6-15)16(20)18-17-11-13-7-9-14(10-8-13)19(21)22/h2-12H,1H3,(H,18,20)/b17-11-/t12-/m1/s1. The number of carbonyl (C=O) groups is 1. The van der Waals surface area contributed by atoms with Crippen LogP contribution in [0.15, 0.2) is 64.6 Å². The highest BCUT2D eigenvalue weighted by atomic mass is 32.2. The maximum Gasteiger partial charge on any atom is 0.269 e. The predicted octanol–water partition coefficient (Wildman–Crippen LogP) is 3.23. The summed E-state index contributed by atoms with van der Waals surface area (Å²) in [6.45, 7) is 1.80. The Morgan fingerprint density at radius 2 is 1.87 bits per heavy atom. The minimum Gasteiger partial charge on any atom is -0.272 e. The van der Waals surface area contributed by atoms with Crippen molar-refractivity contribution in [2.45, 2.75) is 17.1 Å². The highest BCUT2D eigenvalue weighted by molar-refractivity contribution is 8.00. The van der Waals surface area contributed by atoms with Crippen LogP contribution in [0.5, 0.6) is 0 Å². The van der Waals surface area contributed by atoms with Gasteiger partial charge in [0.2, 0.25) is 0 Å². The first-order valence-electron chi connectivity index (χ1n) is 6.85. The molecule has 0 saturated carbocycles. The summed E-state index contributed by atoms with van der Waals surface area (Å²) in [5, 5.41) is 14.1. The summed E-state index contributed by atoms with van der Waals surface area (Å²) in [4.78, 5) is 23.0. The monoisotopic (exact) mass is 329 g/mol. The van der Waals surface area contributed by atoms with E-state index in [1.54, 1.807) is 19.1 Å². The van der Waals surface area contributed by atoms with Crippen molar-refractivity contribution in [3.05, 3.63) is 70.3 Å². The Hall–Kier alpha value is -2.67. The van der Waals surface area contributed by atoms with E-state index < -0.39 is 4.92 Å². The second kappa shape index (κ2) is 8.09. The Morgan fingerprint density at radius 3 is 2.48 bits per heavy atom. The number of hydrogen-bond donors (Lipinski definition) is 1. The number of hydrazone groups is 1. The van der Waals surface area contributed by atoms with Crippen molar-refractivity contribution in [2.75, 3.05) is 0 Å². The lowest BCUT2D eigenvalue weighted by atomic mass is 10.2.